The third-order valence-corrected chi connectivity index (χ3v) is 3.99. The molecule has 1 N–H and O–H groups in total. The van der Waals surface area contributed by atoms with E-state index in [9.17, 15) is 4.79 Å². The number of ether oxygens (including phenoxy) is 3. The highest BCUT2D eigenvalue weighted by atomic mass is 16.5. The minimum atomic E-state index is -0.550. The number of hydrogen-bond donors (Lipinski definition) is 1. The monoisotopic (exact) mass is 371 g/mol. The predicted molar refractivity (Wildman–Crippen MR) is 107 cm³/mol. The molecule has 0 spiro atoms. The smallest absolute Gasteiger partial charge is 0.260 e. The molecule has 0 aliphatic rings. The van der Waals surface area contributed by atoms with Crippen molar-refractivity contribution in [3.63, 3.8) is 0 Å². The number of carbonyl (C=O) groups is 1. The van der Waals surface area contributed by atoms with Gasteiger partial charge in [-0.3, -0.25) is 4.79 Å². The fourth-order valence-electron chi connectivity index (χ4n) is 2.67. The van der Waals surface area contributed by atoms with Gasteiger partial charge in [0.1, 0.15) is 5.75 Å². The molecule has 27 heavy (non-hydrogen) atoms. The molecular formula is C22H29NO4. The van der Waals surface area contributed by atoms with Gasteiger partial charge in [-0.15, -0.1) is 0 Å². The van der Waals surface area contributed by atoms with E-state index in [-0.39, 0.29) is 5.91 Å². The second kappa shape index (κ2) is 10.5. The summed E-state index contributed by atoms with van der Waals surface area (Å²) in [6, 6.07) is 13.5. The highest BCUT2D eigenvalue weighted by Crippen LogP contribution is 2.28. The number of nitrogens with one attached hydrogen (secondary N) is 1. The molecule has 0 saturated carbocycles. The lowest BCUT2D eigenvalue weighted by Crippen LogP contribution is -2.37. The summed E-state index contributed by atoms with van der Waals surface area (Å²) in [5, 5.41) is 2.92. The summed E-state index contributed by atoms with van der Waals surface area (Å²) in [7, 11) is 0. The highest BCUT2D eigenvalue weighted by molar-refractivity contribution is 5.80. The molecule has 0 aliphatic heterocycles. The first-order valence-electron chi connectivity index (χ1n) is 9.43. The lowest BCUT2D eigenvalue weighted by atomic mass is 10.1. The van der Waals surface area contributed by atoms with Crippen molar-refractivity contribution in [3.8, 4) is 17.2 Å². The Morgan fingerprint density at radius 3 is 2.48 bits per heavy atom. The maximum absolute atomic E-state index is 12.3. The molecule has 5 heteroatoms. The Balaban J connectivity index is 1.85. The van der Waals surface area contributed by atoms with Crippen molar-refractivity contribution in [2.75, 3.05) is 19.8 Å². The SMILES string of the molecule is CCOc1ccc(CCNC(=O)C(C)Oc2cccc(C)c2)cc1OCC. The van der Waals surface area contributed by atoms with Crippen LogP contribution in [0, 0.1) is 6.92 Å². The quantitative estimate of drug-likeness (QED) is 0.688. The summed E-state index contributed by atoms with van der Waals surface area (Å²) >= 11 is 0. The Kier molecular flexibility index (Phi) is 7.99. The molecule has 146 valence electrons. The summed E-state index contributed by atoms with van der Waals surface area (Å²) in [6.45, 7) is 9.33. The summed E-state index contributed by atoms with van der Waals surface area (Å²) in [4.78, 5) is 12.3. The van der Waals surface area contributed by atoms with Crippen LogP contribution in [0.4, 0.5) is 0 Å². The van der Waals surface area contributed by atoms with E-state index >= 15 is 0 Å². The van der Waals surface area contributed by atoms with E-state index in [1.165, 1.54) is 0 Å². The number of hydrogen-bond acceptors (Lipinski definition) is 4. The van der Waals surface area contributed by atoms with Gasteiger partial charge in [0.05, 0.1) is 13.2 Å². The maximum atomic E-state index is 12.3. The molecule has 0 fully saturated rings. The Morgan fingerprint density at radius 2 is 1.78 bits per heavy atom. The van der Waals surface area contributed by atoms with Crippen LogP contribution in [-0.4, -0.2) is 31.8 Å². The zero-order chi connectivity index (χ0) is 19.6. The average molecular weight is 371 g/mol. The van der Waals surface area contributed by atoms with Crippen LogP contribution in [0.2, 0.25) is 0 Å². The van der Waals surface area contributed by atoms with Gasteiger partial charge >= 0.3 is 0 Å². The average Bonchev–Trinajstić information content (AvgIpc) is 2.64. The van der Waals surface area contributed by atoms with Gasteiger partial charge in [-0.05, 0) is 69.5 Å². The van der Waals surface area contributed by atoms with Gasteiger partial charge in [-0.25, -0.2) is 0 Å². The molecule has 0 saturated heterocycles. The third-order valence-electron chi connectivity index (χ3n) is 3.99. The molecule has 2 rings (SSSR count). The Bertz CT molecular complexity index is 745. The van der Waals surface area contributed by atoms with Crippen molar-refractivity contribution < 1.29 is 19.0 Å². The first-order valence-corrected chi connectivity index (χ1v) is 9.43. The minimum Gasteiger partial charge on any atom is -0.490 e. The molecule has 1 unspecified atom stereocenters. The Labute approximate surface area is 161 Å². The van der Waals surface area contributed by atoms with Crippen molar-refractivity contribution in [2.24, 2.45) is 0 Å². The standard InChI is InChI=1S/C22H29NO4/c1-5-25-20-11-10-18(15-21(20)26-6-2)12-13-23-22(24)17(4)27-19-9-7-8-16(3)14-19/h7-11,14-15,17H,5-6,12-13H2,1-4H3,(H,23,24). The fourth-order valence-corrected chi connectivity index (χ4v) is 2.67. The van der Waals surface area contributed by atoms with Gasteiger partial charge in [0, 0.05) is 6.54 Å². The second-order valence-electron chi connectivity index (χ2n) is 6.26. The molecule has 5 nitrogen and oxygen atoms in total. The van der Waals surface area contributed by atoms with E-state index in [0.29, 0.717) is 31.9 Å². The number of amides is 1. The lowest BCUT2D eigenvalue weighted by Gasteiger charge is -2.15. The van der Waals surface area contributed by atoms with E-state index in [1.807, 2.05) is 63.2 Å². The Hall–Kier alpha value is -2.69. The van der Waals surface area contributed by atoms with Gasteiger partial charge in [-0.1, -0.05) is 18.2 Å². The first-order chi connectivity index (χ1) is 13.0. The van der Waals surface area contributed by atoms with E-state index in [1.54, 1.807) is 6.92 Å². The van der Waals surface area contributed by atoms with E-state index in [2.05, 4.69) is 5.32 Å². The van der Waals surface area contributed by atoms with Crippen LogP contribution >= 0.6 is 0 Å². The molecular weight excluding hydrogens is 342 g/mol. The van der Waals surface area contributed by atoms with Crippen LogP contribution in [0.25, 0.3) is 0 Å². The van der Waals surface area contributed by atoms with Crippen LogP contribution in [0.1, 0.15) is 31.9 Å². The number of benzene rings is 2. The summed E-state index contributed by atoms with van der Waals surface area (Å²) in [6.07, 6.45) is 0.154. The second-order valence-corrected chi connectivity index (χ2v) is 6.26. The zero-order valence-corrected chi connectivity index (χ0v) is 16.6. The van der Waals surface area contributed by atoms with Crippen molar-refractivity contribution in [3.05, 3.63) is 53.6 Å². The number of carbonyl (C=O) groups excluding carboxylic acids is 1. The molecule has 2 aromatic rings. The van der Waals surface area contributed by atoms with Crippen LogP contribution in [-0.2, 0) is 11.2 Å². The van der Waals surface area contributed by atoms with E-state index in [0.717, 1.165) is 22.6 Å². The molecule has 0 radical (unpaired) electrons. The van der Waals surface area contributed by atoms with E-state index < -0.39 is 6.10 Å². The molecule has 0 heterocycles. The number of rotatable bonds is 10. The van der Waals surface area contributed by atoms with Crippen LogP contribution in [0.5, 0.6) is 17.2 Å². The molecule has 1 atom stereocenters. The number of aryl methyl sites for hydroxylation is 1. The van der Waals surface area contributed by atoms with Crippen molar-refractivity contribution in [1.82, 2.24) is 5.32 Å². The van der Waals surface area contributed by atoms with Gasteiger partial charge < -0.3 is 19.5 Å². The van der Waals surface area contributed by atoms with Crippen LogP contribution < -0.4 is 19.5 Å². The summed E-state index contributed by atoms with van der Waals surface area (Å²) in [5.74, 6) is 2.05. The van der Waals surface area contributed by atoms with Gasteiger partial charge in [-0.2, -0.15) is 0 Å². The fraction of sp³-hybridized carbons (Fsp3) is 0.409. The van der Waals surface area contributed by atoms with Gasteiger partial charge in [0.15, 0.2) is 17.6 Å². The zero-order valence-electron chi connectivity index (χ0n) is 16.6. The molecule has 0 bridgehead atoms. The van der Waals surface area contributed by atoms with Crippen LogP contribution in [0.15, 0.2) is 42.5 Å². The lowest BCUT2D eigenvalue weighted by molar-refractivity contribution is -0.127. The highest BCUT2D eigenvalue weighted by Gasteiger charge is 2.14. The molecule has 0 aromatic heterocycles. The van der Waals surface area contributed by atoms with Gasteiger partial charge in [0.2, 0.25) is 0 Å². The maximum Gasteiger partial charge on any atom is 0.260 e. The Morgan fingerprint density at radius 1 is 1.04 bits per heavy atom. The first kappa shape index (κ1) is 20.6. The summed E-state index contributed by atoms with van der Waals surface area (Å²) < 4.78 is 16.9. The molecule has 2 aromatic carbocycles. The molecule has 0 aliphatic carbocycles. The van der Waals surface area contributed by atoms with Crippen molar-refractivity contribution in [2.45, 2.75) is 40.2 Å². The van der Waals surface area contributed by atoms with Gasteiger partial charge in [0.25, 0.3) is 5.91 Å². The largest absolute Gasteiger partial charge is 0.490 e. The minimum absolute atomic E-state index is 0.132. The van der Waals surface area contributed by atoms with Crippen LogP contribution in [0.3, 0.4) is 0 Å². The van der Waals surface area contributed by atoms with Crippen molar-refractivity contribution in [1.29, 1.82) is 0 Å². The van der Waals surface area contributed by atoms with Crippen molar-refractivity contribution >= 4 is 5.91 Å². The van der Waals surface area contributed by atoms with E-state index in [4.69, 9.17) is 14.2 Å². The molecule has 1 amide bonds. The normalized spacial score (nSPS) is 11.6. The topological polar surface area (TPSA) is 56.8 Å². The predicted octanol–water partition coefficient (Wildman–Crippen LogP) is 3.92. The summed E-state index contributed by atoms with van der Waals surface area (Å²) in [5.41, 5.74) is 2.18. The third kappa shape index (κ3) is 6.51.